The van der Waals surface area contributed by atoms with Gasteiger partial charge in [0.25, 0.3) is 11.5 Å². The van der Waals surface area contributed by atoms with E-state index in [-0.39, 0.29) is 17.3 Å². The molecule has 1 aromatic heterocycles. The molecule has 2 aromatic rings. The van der Waals surface area contributed by atoms with E-state index in [1.807, 2.05) is 25.2 Å². The first-order chi connectivity index (χ1) is 9.99. The molecule has 0 saturated carbocycles. The Morgan fingerprint density at radius 1 is 1.33 bits per heavy atom. The Bertz CT molecular complexity index is 781. The van der Waals surface area contributed by atoms with Crippen molar-refractivity contribution in [2.24, 2.45) is 12.8 Å². The summed E-state index contributed by atoms with van der Waals surface area (Å²) in [7, 11) is 3.62. The summed E-state index contributed by atoms with van der Waals surface area (Å²) in [6.45, 7) is 0. The van der Waals surface area contributed by atoms with Gasteiger partial charge in [0, 0.05) is 32.3 Å². The standard InChI is InChI=1S/C15H16N4O2/c1-18-11-6-4-3-5-9(11)7-12(18)15-17-10(14(16)21)8-13(20)19(15)2/h3-6,8,12H,7H2,1-2H3,(H2,16,21). The van der Waals surface area contributed by atoms with Gasteiger partial charge < -0.3 is 10.6 Å². The summed E-state index contributed by atoms with van der Waals surface area (Å²) >= 11 is 0. The molecule has 0 saturated heterocycles. The van der Waals surface area contributed by atoms with E-state index in [0.29, 0.717) is 5.82 Å². The highest BCUT2D eigenvalue weighted by Crippen LogP contribution is 2.37. The normalized spacial score (nSPS) is 16.9. The van der Waals surface area contributed by atoms with Gasteiger partial charge in [-0.05, 0) is 11.6 Å². The second-order valence-corrected chi connectivity index (χ2v) is 5.22. The van der Waals surface area contributed by atoms with Crippen LogP contribution in [0.25, 0.3) is 0 Å². The number of primary amides is 1. The SMILES string of the molecule is CN1c2ccccc2CC1c1nc(C(N)=O)cc(=O)n1C. The molecule has 0 radical (unpaired) electrons. The van der Waals surface area contributed by atoms with Crippen LogP contribution in [-0.4, -0.2) is 22.5 Å². The van der Waals surface area contributed by atoms with Crippen LogP contribution in [0.5, 0.6) is 0 Å². The monoisotopic (exact) mass is 284 g/mol. The van der Waals surface area contributed by atoms with Crippen LogP contribution >= 0.6 is 0 Å². The molecule has 108 valence electrons. The number of carbonyl (C=O) groups excluding carboxylic acids is 1. The largest absolute Gasteiger partial charge is 0.364 e. The number of rotatable bonds is 2. The van der Waals surface area contributed by atoms with Crippen molar-refractivity contribution in [2.75, 3.05) is 11.9 Å². The minimum atomic E-state index is -0.688. The number of carbonyl (C=O) groups is 1. The maximum Gasteiger partial charge on any atom is 0.267 e. The van der Waals surface area contributed by atoms with Crippen LogP contribution < -0.4 is 16.2 Å². The minimum Gasteiger partial charge on any atom is -0.364 e. The zero-order valence-electron chi connectivity index (χ0n) is 11.9. The topological polar surface area (TPSA) is 81.2 Å². The smallest absolute Gasteiger partial charge is 0.267 e. The number of hydrogen-bond acceptors (Lipinski definition) is 4. The first-order valence-electron chi connectivity index (χ1n) is 6.67. The zero-order chi connectivity index (χ0) is 15.1. The van der Waals surface area contributed by atoms with Gasteiger partial charge in [0.1, 0.15) is 11.5 Å². The third kappa shape index (κ3) is 2.08. The highest BCUT2D eigenvalue weighted by atomic mass is 16.1. The predicted molar refractivity (Wildman–Crippen MR) is 79.3 cm³/mol. The van der Waals surface area contributed by atoms with Crippen molar-refractivity contribution in [1.82, 2.24) is 9.55 Å². The van der Waals surface area contributed by atoms with Gasteiger partial charge in [-0.15, -0.1) is 0 Å². The maximum absolute atomic E-state index is 12.0. The van der Waals surface area contributed by atoms with Gasteiger partial charge in [-0.1, -0.05) is 18.2 Å². The number of aromatic nitrogens is 2. The lowest BCUT2D eigenvalue weighted by molar-refractivity contribution is 0.0994. The van der Waals surface area contributed by atoms with Gasteiger partial charge >= 0.3 is 0 Å². The highest BCUT2D eigenvalue weighted by molar-refractivity contribution is 5.90. The van der Waals surface area contributed by atoms with E-state index in [9.17, 15) is 9.59 Å². The molecule has 1 aliphatic rings. The summed E-state index contributed by atoms with van der Waals surface area (Å²) < 4.78 is 1.47. The predicted octanol–water partition coefficient (Wildman–Crippen LogP) is 0.613. The van der Waals surface area contributed by atoms with Crippen molar-refractivity contribution < 1.29 is 4.79 Å². The summed E-state index contributed by atoms with van der Waals surface area (Å²) in [5, 5.41) is 0. The maximum atomic E-state index is 12.0. The van der Waals surface area contributed by atoms with Crippen LogP contribution in [0.1, 0.15) is 27.9 Å². The third-order valence-electron chi connectivity index (χ3n) is 3.97. The molecular formula is C15H16N4O2. The lowest BCUT2D eigenvalue weighted by Gasteiger charge is -2.23. The van der Waals surface area contributed by atoms with Gasteiger partial charge in [-0.25, -0.2) is 4.98 Å². The number of likely N-dealkylation sites (N-methyl/N-ethyl adjacent to an activating group) is 1. The van der Waals surface area contributed by atoms with Gasteiger partial charge in [0.15, 0.2) is 0 Å². The average molecular weight is 284 g/mol. The average Bonchev–Trinajstić information content (AvgIpc) is 2.79. The number of nitrogens with zero attached hydrogens (tertiary/aromatic N) is 3. The van der Waals surface area contributed by atoms with Crippen molar-refractivity contribution in [2.45, 2.75) is 12.5 Å². The number of benzene rings is 1. The number of hydrogen-bond donors (Lipinski definition) is 1. The molecule has 1 atom stereocenters. The van der Waals surface area contributed by atoms with Crippen molar-refractivity contribution in [3.8, 4) is 0 Å². The van der Waals surface area contributed by atoms with E-state index >= 15 is 0 Å². The van der Waals surface area contributed by atoms with Crippen LogP contribution in [0, 0.1) is 0 Å². The Hall–Kier alpha value is -2.63. The first kappa shape index (κ1) is 13.4. The van der Waals surface area contributed by atoms with Crippen molar-refractivity contribution in [3.63, 3.8) is 0 Å². The zero-order valence-corrected chi connectivity index (χ0v) is 11.9. The Labute approximate surface area is 121 Å². The Kier molecular flexibility index (Phi) is 3.01. The number of fused-ring (bicyclic) bond motifs is 1. The van der Waals surface area contributed by atoms with Gasteiger partial charge in [-0.2, -0.15) is 0 Å². The summed E-state index contributed by atoms with van der Waals surface area (Å²) in [5.74, 6) is -0.137. The van der Waals surface area contributed by atoms with E-state index < -0.39 is 5.91 Å². The number of nitrogens with two attached hydrogens (primary N) is 1. The fourth-order valence-corrected chi connectivity index (χ4v) is 2.79. The quantitative estimate of drug-likeness (QED) is 0.876. The molecule has 1 unspecified atom stereocenters. The fourth-order valence-electron chi connectivity index (χ4n) is 2.79. The third-order valence-corrected chi connectivity index (χ3v) is 3.97. The van der Waals surface area contributed by atoms with E-state index in [1.165, 1.54) is 16.2 Å². The molecule has 0 aliphatic carbocycles. The molecule has 1 amide bonds. The number of para-hydroxylation sites is 1. The van der Waals surface area contributed by atoms with Crippen LogP contribution in [0.15, 0.2) is 35.1 Å². The fraction of sp³-hybridized carbons (Fsp3) is 0.267. The van der Waals surface area contributed by atoms with Crippen LogP contribution in [0.2, 0.25) is 0 Å². The Morgan fingerprint density at radius 2 is 2.05 bits per heavy atom. The van der Waals surface area contributed by atoms with Crippen molar-refractivity contribution in [1.29, 1.82) is 0 Å². The molecule has 21 heavy (non-hydrogen) atoms. The van der Waals surface area contributed by atoms with Gasteiger partial charge in [0.2, 0.25) is 0 Å². The number of amides is 1. The van der Waals surface area contributed by atoms with Crippen molar-refractivity contribution >= 4 is 11.6 Å². The van der Waals surface area contributed by atoms with Gasteiger partial charge in [-0.3, -0.25) is 14.2 Å². The minimum absolute atomic E-state index is 0.0115. The molecule has 0 fully saturated rings. The van der Waals surface area contributed by atoms with E-state index in [0.717, 1.165) is 12.1 Å². The summed E-state index contributed by atoms with van der Waals surface area (Å²) in [5.41, 5.74) is 7.30. The molecule has 0 bridgehead atoms. The Balaban J connectivity index is 2.11. The molecular weight excluding hydrogens is 268 g/mol. The molecule has 6 heteroatoms. The van der Waals surface area contributed by atoms with Crippen LogP contribution in [-0.2, 0) is 13.5 Å². The van der Waals surface area contributed by atoms with Crippen LogP contribution in [0.3, 0.4) is 0 Å². The van der Waals surface area contributed by atoms with Crippen molar-refractivity contribution in [3.05, 3.63) is 57.8 Å². The lowest BCUT2D eigenvalue weighted by Crippen LogP contribution is -2.32. The molecule has 1 aliphatic heterocycles. The second kappa shape index (κ2) is 4.73. The lowest BCUT2D eigenvalue weighted by atomic mass is 10.1. The summed E-state index contributed by atoms with van der Waals surface area (Å²) in [4.78, 5) is 29.7. The summed E-state index contributed by atoms with van der Waals surface area (Å²) in [6.07, 6.45) is 0.745. The van der Waals surface area contributed by atoms with Crippen LogP contribution in [0.4, 0.5) is 5.69 Å². The first-order valence-corrected chi connectivity index (χ1v) is 6.67. The molecule has 2 N–H and O–H groups in total. The van der Waals surface area contributed by atoms with E-state index in [4.69, 9.17) is 5.73 Å². The second-order valence-electron chi connectivity index (χ2n) is 5.22. The Morgan fingerprint density at radius 3 is 2.71 bits per heavy atom. The van der Waals surface area contributed by atoms with E-state index in [2.05, 4.69) is 16.0 Å². The van der Waals surface area contributed by atoms with Gasteiger partial charge in [0.05, 0.1) is 6.04 Å². The molecule has 0 spiro atoms. The molecule has 1 aromatic carbocycles. The highest BCUT2D eigenvalue weighted by Gasteiger charge is 2.30. The van der Waals surface area contributed by atoms with E-state index in [1.54, 1.807) is 7.05 Å². The molecule has 3 rings (SSSR count). The number of anilines is 1. The molecule has 6 nitrogen and oxygen atoms in total. The molecule has 2 heterocycles. The summed E-state index contributed by atoms with van der Waals surface area (Å²) in [6, 6.07) is 9.14.